The molecule has 12 heteroatoms. The van der Waals surface area contributed by atoms with Gasteiger partial charge in [0.25, 0.3) is 0 Å². The van der Waals surface area contributed by atoms with Crippen molar-refractivity contribution in [1.82, 2.24) is 24.1 Å². The fourth-order valence-corrected chi connectivity index (χ4v) is 5.23. The number of nitrogens with zero attached hydrogens (tertiary/aromatic N) is 6. The topological polar surface area (TPSA) is 114 Å². The molecule has 0 atom stereocenters. The Balaban J connectivity index is 1.33. The maximum absolute atomic E-state index is 13.6. The lowest BCUT2D eigenvalue weighted by Crippen LogP contribution is -2.38. The number of ether oxygens (including phenoxy) is 1. The number of pyridine rings is 2. The Kier molecular flexibility index (Phi) is 6.88. The number of hydrogen-bond donors (Lipinski definition) is 0. The molecule has 0 radical (unpaired) electrons. The van der Waals surface area contributed by atoms with Crippen molar-refractivity contribution >= 4 is 10.0 Å². The third-order valence-electron chi connectivity index (χ3n) is 6.33. The fraction of sp³-hybridized carbons (Fsp3) is 0.231. The number of halogens is 2. The van der Waals surface area contributed by atoms with Crippen LogP contribution in [0, 0.1) is 23.0 Å². The van der Waals surface area contributed by atoms with Crippen molar-refractivity contribution in [2.24, 2.45) is 0 Å². The van der Waals surface area contributed by atoms with Crippen molar-refractivity contribution in [2.45, 2.75) is 18.9 Å². The van der Waals surface area contributed by atoms with Gasteiger partial charge < -0.3 is 4.74 Å². The van der Waals surface area contributed by atoms with Crippen LogP contribution < -0.4 is 4.74 Å². The number of sulfonamides is 1. The minimum Gasteiger partial charge on any atom is -0.454 e. The first kappa shape index (κ1) is 25.4. The van der Waals surface area contributed by atoms with Crippen LogP contribution in [0.2, 0.25) is 0 Å². The van der Waals surface area contributed by atoms with Gasteiger partial charge in [-0.2, -0.15) is 10.4 Å². The largest absolute Gasteiger partial charge is 0.454 e. The zero-order chi connectivity index (χ0) is 26.9. The van der Waals surface area contributed by atoms with E-state index in [2.05, 4.69) is 21.1 Å². The van der Waals surface area contributed by atoms with Gasteiger partial charge in [0, 0.05) is 42.7 Å². The lowest BCUT2D eigenvalue weighted by molar-refractivity contribution is 0.262. The van der Waals surface area contributed by atoms with Crippen molar-refractivity contribution in [2.75, 3.05) is 19.3 Å². The van der Waals surface area contributed by atoms with Crippen LogP contribution in [0.15, 0.2) is 61.3 Å². The van der Waals surface area contributed by atoms with E-state index in [0.717, 1.165) is 12.1 Å². The van der Waals surface area contributed by atoms with E-state index in [1.54, 1.807) is 29.2 Å². The Bertz CT molecular complexity index is 1640. The summed E-state index contributed by atoms with van der Waals surface area (Å²) in [6.07, 6.45) is 10.4. The smallest absolute Gasteiger partial charge is 0.211 e. The molecule has 4 aromatic rings. The number of piperidine rings is 1. The van der Waals surface area contributed by atoms with Crippen LogP contribution in [0.25, 0.3) is 22.4 Å². The van der Waals surface area contributed by atoms with E-state index in [4.69, 9.17) is 4.74 Å². The van der Waals surface area contributed by atoms with Crippen LogP contribution in [0.1, 0.15) is 24.4 Å². The second-order valence-electron chi connectivity index (χ2n) is 8.92. The summed E-state index contributed by atoms with van der Waals surface area (Å²) in [6.45, 7) is 0.858. The van der Waals surface area contributed by atoms with Gasteiger partial charge in [0.15, 0.2) is 11.6 Å². The maximum atomic E-state index is 13.6. The predicted molar refractivity (Wildman–Crippen MR) is 135 cm³/mol. The molecule has 194 valence electrons. The fourth-order valence-electron chi connectivity index (χ4n) is 4.36. The lowest BCUT2D eigenvalue weighted by atomic mass is 10.1. The van der Waals surface area contributed by atoms with E-state index in [0.29, 0.717) is 59.8 Å². The summed E-state index contributed by atoms with van der Waals surface area (Å²) < 4.78 is 59.5. The first-order valence-electron chi connectivity index (χ1n) is 11.7. The minimum absolute atomic E-state index is 0.0456. The second kappa shape index (κ2) is 10.3. The van der Waals surface area contributed by atoms with Gasteiger partial charge in [0.05, 0.1) is 42.1 Å². The molecule has 0 N–H and O–H groups in total. The van der Waals surface area contributed by atoms with E-state index < -0.39 is 21.7 Å². The Morgan fingerprint density at radius 3 is 2.45 bits per heavy atom. The van der Waals surface area contributed by atoms with Crippen LogP contribution >= 0.6 is 0 Å². The van der Waals surface area contributed by atoms with E-state index in [1.807, 2.05) is 0 Å². The van der Waals surface area contributed by atoms with Crippen molar-refractivity contribution in [3.8, 4) is 40.0 Å². The average Bonchev–Trinajstić information content (AvgIpc) is 3.40. The molecule has 1 aliphatic rings. The molecule has 4 heterocycles. The monoisotopic (exact) mass is 536 g/mol. The molecule has 0 bridgehead atoms. The molecule has 0 amide bonds. The highest BCUT2D eigenvalue weighted by molar-refractivity contribution is 7.88. The van der Waals surface area contributed by atoms with Crippen LogP contribution in [0.4, 0.5) is 8.78 Å². The van der Waals surface area contributed by atoms with Gasteiger partial charge in [0.1, 0.15) is 17.6 Å². The van der Waals surface area contributed by atoms with Gasteiger partial charge in [-0.3, -0.25) is 14.6 Å². The Labute approximate surface area is 218 Å². The summed E-state index contributed by atoms with van der Waals surface area (Å²) in [4.78, 5) is 8.53. The third-order valence-corrected chi connectivity index (χ3v) is 7.63. The van der Waals surface area contributed by atoms with Crippen molar-refractivity contribution in [3.63, 3.8) is 0 Å². The number of nitriles is 1. The van der Waals surface area contributed by atoms with Crippen molar-refractivity contribution in [1.29, 1.82) is 5.26 Å². The summed E-state index contributed by atoms with van der Waals surface area (Å²) in [5, 5.41) is 14.2. The van der Waals surface area contributed by atoms with E-state index in [-0.39, 0.29) is 11.6 Å². The average molecular weight is 537 g/mol. The molecule has 1 saturated heterocycles. The number of hydrogen-bond acceptors (Lipinski definition) is 7. The molecule has 0 unspecified atom stereocenters. The minimum atomic E-state index is -3.21. The SMILES string of the molecule is CS(=O)(=O)N1CCC(n2cc(-c3ncc(Oc4cncc(-c5ccc(F)c(F)c5)c4)cc3C#N)cn2)CC1. The molecule has 1 fully saturated rings. The summed E-state index contributed by atoms with van der Waals surface area (Å²) in [5.41, 5.74) is 2.33. The Morgan fingerprint density at radius 1 is 0.974 bits per heavy atom. The molecule has 0 aliphatic carbocycles. The molecule has 38 heavy (non-hydrogen) atoms. The van der Waals surface area contributed by atoms with Gasteiger partial charge >= 0.3 is 0 Å². The van der Waals surface area contributed by atoms with Crippen LogP contribution in [-0.2, 0) is 10.0 Å². The number of benzene rings is 1. The number of rotatable bonds is 6. The molecule has 1 aliphatic heterocycles. The first-order valence-corrected chi connectivity index (χ1v) is 13.5. The number of aromatic nitrogens is 4. The lowest BCUT2D eigenvalue weighted by Gasteiger charge is -2.30. The van der Waals surface area contributed by atoms with Crippen LogP contribution in [0.5, 0.6) is 11.5 Å². The highest BCUT2D eigenvalue weighted by atomic mass is 32.2. The molecule has 0 saturated carbocycles. The van der Waals surface area contributed by atoms with Crippen molar-refractivity contribution < 1.29 is 21.9 Å². The summed E-state index contributed by atoms with van der Waals surface area (Å²) >= 11 is 0. The predicted octanol–water partition coefficient (Wildman–Crippen LogP) is 4.55. The molecular weight excluding hydrogens is 514 g/mol. The third kappa shape index (κ3) is 5.39. The highest BCUT2D eigenvalue weighted by Gasteiger charge is 2.26. The maximum Gasteiger partial charge on any atom is 0.211 e. The van der Waals surface area contributed by atoms with Crippen LogP contribution in [0.3, 0.4) is 0 Å². The van der Waals surface area contributed by atoms with E-state index in [1.165, 1.54) is 35.2 Å². The van der Waals surface area contributed by atoms with Gasteiger partial charge in [-0.1, -0.05) is 6.07 Å². The van der Waals surface area contributed by atoms with E-state index in [9.17, 15) is 22.5 Å². The van der Waals surface area contributed by atoms with Crippen molar-refractivity contribution in [3.05, 3.63) is 78.5 Å². The zero-order valence-electron chi connectivity index (χ0n) is 20.3. The molecule has 0 spiro atoms. The Hall–Kier alpha value is -4.21. The molecule has 3 aromatic heterocycles. The molecule has 9 nitrogen and oxygen atoms in total. The molecule has 5 rings (SSSR count). The van der Waals surface area contributed by atoms with Gasteiger partial charge in [-0.25, -0.2) is 21.5 Å². The molecule has 1 aromatic carbocycles. The quantitative estimate of drug-likeness (QED) is 0.355. The first-order chi connectivity index (χ1) is 18.2. The van der Waals surface area contributed by atoms with Gasteiger partial charge in [-0.15, -0.1) is 0 Å². The second-order valence-corrected chi connectivity index (χ2v) is 10.9. The van der Waals surface area contributed by atoms with Crippen LogP contribution in [-0.4, -0.2) is 51.8 Å². The van der Waals surface area contributed by atoms with Gasteiger partial charge in [-0.05, 0) is 36.6 Å². The highest BCUT2D eigenvalue weighted by Crippen LogP contribution is 2.31. The summed E-state index contributed by atoms with van der Waals surface area (Å²) in [5.74, 6) is -1.27. The summed E-state index contributed by atoms with van der Waals surface area (Å²) in [6, 6.07) is 8.92. The zero-order valence-corrected chi connectivity index (χ0v) is 21.1. The normalized spacial score (nSPS) is 14.8. The molecular formula is C26H22F2N6O3S. The Morgan fingerprint density at radius 2 is 1.74 bits per heavy atom. The standard InChI is InChI=1S/C26H22F2N6O3S/c1-38(35,36)33-6-4-21(5-7-33)34-16-20(13-32-34)26-18(11-29)8-23(15-31-26)37-22-9-19(12-30-14-22)17-2-3-24(27)25(28)10-17/h2-3,8-10,12-16,21H,4-7H2,1H3. The summed E-state index contributed by atoms with van der Waals surface area (Å²) in [7, 11) is -3.21. The van der Waals surface area contributed by atoms with E-state index >= 15 is 0 Å². The van der Waals surface area contributed by atoms with Gasteiger partial charge in [0.2, 0.25) is 10.0 Å².